The molecule has 123 valence electrons. The van der Waals surface area contributed by atoms with Crippen molar-refractivity contribution in [1.82, 2.24) is 15.7 Å². The summed E-state index contributed by atoms with van der Waals surface area (Å²) in [5, 5.41) is 24.7. The van der Waals surface area contributed by atoms with Crippen LogP contribution in [0.4, 0.5) is 0 Å². The molecule has 0 fully saturated rings. The Labute approximate surface area is 151 Å². The van der Waals surface area contributed by atoms with E-state index in [0.29, 0.717) is 0 Å². The minimum atomic E-state index is -2.14. The number of nitrogens with one attached hydrogen (secondary N) is 3. The smallest absolute Gasteiger partial charge is 0.325 e. The van der Waals surface area contributed by atoms with Crippen LogP contribution < -0.4 is 15.7 Å². The second kappa shape index (κ2) is 12.0. The number of hydrogen-bond acceptors (Lipinski definition) is 5. The number of carbonyl (C=O) groups is 3. The van der Waals surface area contributed by atoms with Crippen LogP contribution in [0.3, 0.4) is 0 Å². The number of aliphatic hydroxyl groups excluding tert-OH is 1. The molecule has 0 saturated heterocycles. The van der Waals surface area contributed by atoms with Crippen LogP contribution in [0.25, 0.3) is 0 Å². The van der Waals surface area contributed by atoms with Gasteiger partial charge in [-0.25, -0.2) is 0 Å². The molecule has 9 nitrogen and oxygen atoms in total. The summed E-state index contributed by atoms with van der Waals surface area (Å²) in [6, 6.07) is -2.91. The van der Waals surface area contributed by atoms with E-state index in [1.54, 1.807) is 0 Å². The topological polar surface area (TPSA) is 145 Å². The molecule has 11 heteroatoms. The average molecular weight is 346 g/mol. The van der Waals surface area contributed by atoms with E-state index < -0.39 is 43.9 Å². The molecule has 0 heterocycles. The maximum atomic E-state index is 11.9. The van der Waals surface area contributed by atoms with Crippen molar-refractivity contribution < 1.29 is 29.2 Å². The Kier molecular flexibility index (Phi) is 13.0. The van der Waals surface area contributed by atoms with Crippen LogP contribution in [-0.4, -0.2) is 89.0 Å². The fourth-order valence-corrected chi connectivity index (χ4v) is 2.19. The Morgan fingerprint density at radius 1 is 1.09 bits per heavy atom. The van der Waals surface area contributed by atoms with E-state index in [-0.39, 0.29) is 42.6 Å². The van der Waals surface area contributed by atoms with Crippen molar-refractivity contribution in [2.75, 3.05) is 13.3 Å². The third-order valence-corrected chi connectivity index (χ3v) is 3.35. The molecule has 22 heavy (non-hydrogen) atoms. The molecule has 5 N–H and O–H groups in total. The molecule has 0 aromatic heterocycles. The minimum absolute atomic E-state index is 0. The van der Waals surface area contributed by atoms with Gasteiger partial charge in [0, 0.05) is 36.2 Å². The van der Waals surface area contributed by atoms with E-state index in [4.69, 9.17) is 10.2 Å². The summed E-state index contributed by atoms with van der Waals surface area (Å²) in [4.78, 5) is 34.2. The zero-order chi connectivity index (χ0) is 16.6. The first-order valence-corrected chi connectivity index (χ1v) is 8.31. The average Bonchev–Trinajstić information content (AvgIpc) is 2.37. The molecular weight excluding hydrogens is 324 g/mol. The number of carbonyl (C=O) groups excluding carboxylic acids is 2. The van der Waals surface area contributed by atoms with Gasteiger partial charge in [-0.3, -0.25) is 19.5 Å². The SMILES string of the molecule is C[C@H](NC(=O)[C@H](C)NC(=O)[C@H](CCO)N[PH](C)=O)C(=O)O.[Na]. The molecule has 4 atom stereocenters. The van der Waals surface area contributed by atoms with Crippen LogP contribution in [0.2, 0.25) is 0 Å². The number of carboxylic acids is 1. The van der Waals surface area contributed by atoms with Crippen LogP contribution in [0.5, 0.6) is 0 Å². The Hall–Kier alpha value is -0.440. The van der Waals surface area contributed by atoms with E-state index in [0.717, 1.165) is 0 Å². The first-order valence-electron chi connectivity index (χ1n) is 6.40. The standard InChI is InChI=1S/C11H22N3O6P.Na/c1-6(9(16)13-7(2)11(18)19)12-10(17)8(4-5-15)14-21(3)20;/h6-8,15,21H,4-5H2,1-3H3,(H,12,17)(H,13,16)(H,14,20)(H,18,19);/t6-,7-,8-;/m0./s1. The van der Waals surface area contributed by atoms with Gasteiger partial charge in [0.1, 0.15) is 20.0 Å². The van der Waals surface area contributed by atoms with Crippen molar-refractivity contribution in [3.63, 3.8) is 0 Å². The van der Waals surface area contributed by atoms with Gasteiger partial charge >= 0.3 is 5.97 Å². The summed E-state index contributed by atoms with van der Waals surface area (Å²) in [5.41, 5.74) is 0. The number of amides is 2. The number of rotatable bonds is 9. The number of carboxylic acid groups (broad SMARTS) is 1. The van der Waals surface area contributed by atoms with Crippen LogP contribution in [0, 0.1) is 0 Å². The maximum absolute atomic E-state index is 11.9. The molecule has 0 saturated carbocycles. The van der Waals surface area contributed by atoms with Gasteiger partial charge in [0.15, 0.2) is 0 Å². The van der Waals surface area contributed by atoms with Crippen molar-refractivity contribution in [3.8, 4) is 0 Å². The Morgan fingerprint density at radius 2 is 1.59 bits per heavy atom. The molecule has 0 bridgehead atoms. The monoisotopic (exact) mass is 346 g/mol. The van der Waals surface area contributed by atoms with Gasteiger partial charge in [0.05, 0.1) is 6.04 Å². The molecule has 0 aliphatic carbocycles. The van der Waals surface area contributed by atoms with Gasteiger partial charge in [-0.05, 0) is 26.9 Å². The molecule has 0 aromatic rings. The van der Waals surface area contributed by atoms with Gasteiger partial charge in [-0.15, -0.1) is 0 Å². The third-order valence-electron chi connectivity index (χ3n) is 2.59. The van der Waals surface area contributed by atoms with E-state index >= 15 is 0 Å². The fraction of sp³-hybridized carbons (Fsp3) is 0.727. The van der Waals surface area contributed by atoms with Gasteiger partial charge in [-0.1, -0.05) is 0 Å². The first kappa shape index (κ1) is 23.8. The zero-order valence-electron chi connectivity index (χ0n) is 13.2. The largest absolute Gasteiger partial charge is 0.480 e. The number of hydrogen-bond donors (Lipinski definition) is 5. The van der Waals surface area contributed by atoms with E-state index in [9.17, 15) is 18.9 Å². The minimum Gasteiger partial charge on any atom is -0.480 e. The first-order chi connectivity index (χ1) is 9.68. The van der Waals surface area contributed by atoms with E-state index in [1.165, 1.54) is 20.5 Å². The summed E-state index contributed by atoms with van der Waals surface area (Å²) >= 11 is 0. The summed E-state index contributed by atoms with van der Waals surface area (Å²) in [6.45, 7) is 3.82. The Balaban J connectivity index is 0. The van der Waals surface area contributed by atoms with Gasteiger partial charge in [-0.2, -0.15) is 0 Å². The van der Waals surface area contributed by atoms with E-state index in [1.807, 2.05) is 0 Å². The van der Waals surface area contributed by atoms with Crippen LogP contribution in [0.1, 0.15) is 20.3 Å². The quantitative estimate of drug-likeness (QED) is 0.243. The van der Waals surface area contributed by atoms with Crippen molar-refractivity contribution in [3.05, 3.63) is 0 Å². The maximum Gasteiger partial charge on any atom is 0.325 e. The Morgan fingerprint density at radius 3 is 2.00 bits per heavy atom. The van der Waals surface area contributed by atoms with Crippen molar-refractivity contribution in [1.29, 1.82) is 0 Å². The second-order valence-corrected chi connectivity index (χ2v) is 5.97. The normalized spacial score (nSPS) is 15.6. The molecular formula is C11H22N3NaO6P. The van der Waals surface area contributed by atoms with Crippen molar-refractivity contribution in [2.24, 2.45) is 0 Å². The predicted molar refractivity (Wildman–Crippen MR) is 82.2 cm³/mol. The molecule has 1 radical (unpaired) electrons. The summed E-state index contributed by atoms with van der Waals surface area (Å²) in [6.07, 6.45) is 0.0515. The van der Waals surface area contributed by atoms with Crippen LogP contribution >= 0.6 is 7.95 Å². The summed E-state index contributed by atoms with van der Waals surface area (Å²) < 4.78 is 11.1. The predicted octanol–water partition coefficient (Wildman–Crippen LogP) is -1.86. The third kappa shape index (κ3) is 9.55. The Bertz CT molecular complexity index is 423. The second-order valence-electron chi connectivity index (χ2n) is 4.56. The van der Waals surface area contributed by atoms with Gasteiger partial charge < -0.3 is 25.4 Å². The molecule has 0 aromatic carbocycles. The summed E-state index contributed by atoms with van der Waals surface area (Å²) in [5.74, 6) is -2.42. The van der Waals surface area contributed by atoms with Gasteiger partial charge in [0.25, 0.3) is 0 Å². The van der Waals surface area contributed by atoms with Crippen molar-refractivity contribution in [2.45, 2.75) is 38.4 Å². The molecule has 0 aliphatic rings. The molecule has 0 spiro atoms. The van der Waals surface area contributed by atoms with Crippen LogP contribution in [-0.2, 0) is 18.9 Å². The number of aliphatic hydroxyl groups is 1. The molecule has 0 aliphatic heterocycles. The fourth-order valence-electron chi connectivity index (χ4n) is 1.42. The van der Waals surface area contributed by atoms with E-state index in [2.05, 4.69) is 15.7 Å². The molecule has 0 rings (SSSR count). The number of aliphatic carboxylic acids is 1. The zero-order valence-corrected chi connectivity index (χ0v) is 16.2. The van der Waals surface area contributed by atoms with Crippen molar-refractivity contribution >= 4 is 55.3 Å². The molecule has 1 unspecified atom stereocenters. The molecule has 2 amide bonds. The summed E-state index contributed by atoms with van der Waals surface area (Å²) in [7, 11) is -2.14. The van der Waals surface area contributed by atoms with Crippen LogP contribution in [0.15, 0.2) is 0 Å². The van der Waals surface area contributed by atoms with Gasteiger partial charge in [0.2, 0.25) is 11.8 Å².